The number of piperidine rings is 2. The number of hydrogen-bond donors (Lipinski definition) is 2. The van der Waals surface area contributed by atoms with Crippen LogP contribution in [0, 0.1) is 24.7 Å². The molecular weight excluding hydrogens is 734 g/mol. The molecule has 1 saturated carbocycles. The summed E-state index contributed by atoms with van der Waals surface area (Å²) in [5.41, 5.74) is 1.53. The molecule has 1 aliphatic carbocycles. The van der Waals surface area contributed by atoms with E-state index in [2.05, 4.69) is 21.6 Å². The van der Waals surface area contributed by atoms with Gasteiger partial charge in [-0.15, -0.1) is 0 Å². The van der Waals surface area contributed by atoms with Crippen molar-refractivity contribution in [3.05, 3.63) is 64.3 Å². The molecule has 1 atom stereocenters. The molecule has 1 aromatic heterocycles. The third-order valence-corrected chi connectivity index (χ3v) is 12.0. The Balaban J connectivity index is 1.10. The molecule has 1 amide bonds. The number of carbonyl (C=O) groups excluding carboxylic acids is 2. The van der Waals surface area contributed by atoms with Crippen LogP contribution in [0.4, 0.5) is 18.9 Å². The van der Waals surface area contributed by atoms with E-state index in [0.717, 1.165) is 119 Å². The van der Waals surface area contributed by atoms with Gasteiger partial charge in [0.15, 0.2) is 0 Å². The highest BCUT2D eigenvalue weighted by Gasteiger charge is 2.35. The van der Waals surface area contributed by atoms with Crippen molar-refractivity contribution in [3.63, 3.8) is 0 Å². The number of likely N-dealkylation sites (tertiary alicyclic amines) is 1. The number of alkyl halides is 3. The minimum absolute atomic E-state index is 0.0120. The molecule has 312 valence electrons. The molecular formula is C45H61F3N4O5. The molecule has 2 aliphatic heterocycles. The van der Waals surface area contributed by atoms with Crippen molar-refractivity contribution in [2.45, 2.75) is 116 Å². The highest BCUT2D eigenvalue weighted by Crippen LogP contribution is 2.43. The molecule has 12 heteroatoms. The Hall–Kier alpha value is -3.90. The Morgan fingerprint density at radius 3 is 2.28 bits per heavy atom. The van der Waals surface area contributed by atoms with Crippen LogP contribution in [-0.4, -0.2) is 73.9 Å². The number of anilines is 1. The summed E-state index contributed by atoms with van der Waals surface area (Å²) >= 11 is 0. The Labute approximate surface area is 335 Å². The van der Waals surface area contributed by atoms with Gasteiger partial charge in [-0.25, -0.2) is 4.79 Å². The summed E-state index contributed by atoms with van der Waals surface area (Å²) in [7, 11) is 1.65. The van der Waals surface area contributed by atoms with Crippen LogP contribution in [-0.2, 0) is 20.4 Å². The van der Waals surface area contributed by atoms with E-state index in [9.17, 15) is 22.8 Å². The lowest BCUT2D eigenvalue weighted by Gasteiger charge is -2.36. The molecule has 2 aromatic carbocycles. The fourth-order valence-electron chi connectivity index (χ4n) is 8.75. The number of pyridine rings is 1. The average molecular weight is 795 g/mol. The van der Waals surface area contributed by atoms with Gasteiger partial charge in [0.05, 0.1) is 23.8 Å². The largest absolute Gasteiger partial charge is 0.496 e. The SMILES string of the molecule is COc1cc2nc(C)cc(N[C@H](C)c3cc(C(=O)OC(C)(C)C)cc(C(F)(F)F)c3)c2cc1C1CCC(C(=O)N2CCC(CCOCC3CCNCC3)CC2)CC1. The molecule has 9 nitrogen and oxygen atoms in total. The van der Waals surface area contributed by atoms with E-state index in [1.54, 1.807) is 34.8 Å². The Morgan fingerprint density at radius 1 is 0.930 bits per heavy atom. The van der Waals surface area contributed by atoms with E-state index in [1.165, 1.54) is 18.9 Å². The van der Waals surface area contributed by atoms with Crippen LogP contribution < -0.4 is 15.4 Å². The lowest BCUT2D eigenvalue weighted by molar-refractivity contribution is -0.138. The van der Waals surface area contributed by atoms with Crippen molar-refractivity contribution in [2.24, 2.45) is 17.8 Å². The molecule has 3 aromatic rings. The molecule has 3 fully saturated rings. The van der Waals surface area contributed by atoms with E-state index in [4.69, 9.17) is 19.2 Å². The van der Waals surface area contributed by atoms with Gasteiger partial charge in [0.25, 0.3) is 0 Å². The molecule has 6 rings (SSSR count). The molecule has 0 spiro atoms. The van der Waals surface area contributed by atoms with Crippen LogP contribution in [0.5, 0.6) is 5.75 Å². The number of rotatable bonds is 12. The smallest absolute Gasteiger partial charge is 0.416 e. The van der Waals surface area contributed by atoms with Crippen molar-refractivity contribution in [3.8, 4) is 5.75 Å². The Kier molecular flexibility index (Phi) is 13.7. The first-order valence-electron chi connectivity index (χ1n) is 20.9. The lowest BCUT2D eigenvalue weighted by Crippen LogP contribution is -2.42. The van der Waals surface area contributed by atoms with Gasteiger partial charge in [0, 0.05) is 61.1 Å². The number of aryl methyl sites for hydroxylation is 1. The number of nitrogens with zero attached hydrogens (tertiary/aromatic N) is 2. The molecule has 0 bridgehead atoms. The topological polar surface area (TPSA) is 102 Å². The van der Waals surface area contributed by atoms with Crippen LogP contribution in [0.15, 0.2) is 36.4 Å². The fraction of sp³-hybridized carbons (Fsp3) is 0.622. The van der Waals surface area contributed by atoms with Crippen molar-refractivity contribution in [2.75, 3.05) is 51.8 Å². The molecule has 2 saturated heterocycles. The summed E-state index contributed by atoms with van der Waals surface area (Å²) in [4.78, 5) is 33.5. The Morgan fingerprint density at radius 2 is 1.63 bits per heavy atom. The number of ether oxygens (including phenoxy) is 3. The first-order chi connectivity index (χ1) is 27.1. The normalized spacial score (nSPS) is 20.7. The predicted molar refractivity (Wildman–Crippen MR) is 217 cm³/mol. The second-order valence-electron chi connectivity index (χ2n) is 17.5. The third kappa shape index (κ3) is 11.2. The summed E-state index contributed by atoms with van der Waals surface area (Å²) in [5, 5.41) is 7.66. The number of esters is 1. The van der Waals surface area contributed by atoms with Crippen molar-refractivity contribution in [1.29, 1.82) is 0 Å². The number of carbonyl (C=O) groups is 2. The zero-order chi connectivity index (χ0) is 40.9. The predicted octanol–water partition coefficient (Wildman–Crippen LogP) is 9.62. The molecule has 2 N–H and O–H groups in total. The van der Waals surface area contributed by atoms with Gasteiger partial charge in [-0.2, -0.15) is 13.2 Å². The van der Waals surface area contributed by atoms with Gasteiger partial charge in [-0.1, -0.05) is 0 Å². The molecule has 0 radical (unpaired) electrons. The van der Waals surface area contributed by atoms with E-state index in [0.29, 0.717) is 28.6 Å². The first-order valence-corrected chi connectivity index (χ1v) is 20.9. The minimum atomic E-state index is -4.65. The van der Waals surface area contributed by atoms with Crippen LogP contribution >= 0.6 is 0 Å². The van der Waals surface area contributed by atoms with Gasteiger partial charge >= 0.3 is 12.1 Å². The van der Waals surface area contributed by atoms with E-state index in [-0.39, 0.29) is 23.3 Å². The number of methoxy groups -OCH3 is 1. The van der Waals surface area contributed by atoms with Crippen LogP contribution in [0.3, 0.4) is 0 Å². The highest BCUT2D eigenvalue weighted by atomic mass is 19.4. The fourth-order valence-corrected chi connectivity index (χ4v) is 8.75. The number of benzene rings is 2. The van der Waals surface area contributed by atoms with Gasteiger partial charge in [-0.05, 0) is 165 Å². The maximum absolute atomic E-state index is 14.0. The second kappa shape index (κ2) is 18.4. The van der Waals surface area contributed by atoms with E-state index >= 15 is 0 Å². The van der Waals surface area contributed by atoms with Gasteiger partial charge < -0.3 is 29.7 Å². The van der Waals surface area contributed by atoms with Gasteiger partial charge in [-0.3, -0.25) is 9.78 Å². The number of aromatic nitrogens is 1. The summed E-state index contributed by atoms with van der Waals surface area (Å²) in [6, 6.07) is 8.67. The summed E-state index contributed by atoms with van der Waals surface area (Å²) in [6.07, 6.45) is 4.18. The quantitative estimate of drug-likeness (QED) is 0.138. The van der Waals surface area contributed by atoms with Gasteiger partial charge in [0.2, 0.25) is 5.91 Å². The lowest BCUT2D eigenvalue weighted by atomic mass is 9.77. The Bertz CT molecular complexity index is 1860. The monoisotopic (exact) mass is 794 g/mol. The first kappa shape index (κ1) is 42.7. The van der Waals surface area contributed by atoms with Crippen molar-refractivity contribution < 1.29 is 37.0 Å². The maximum atomic E-state index is 14.0. The molecule has 3 aliphatic rings. The molecule has 3 heterocycles. The number of fused-ring (bicyclic) bond motifs is 1. The van der Waals surface area contributed by atoms with Crippen LogP contribution in [0.2, 0.25) is 0 Å². The third-order valence-electron chi connectivity index (χ3n) is 12.0. The number of hydrogen-bond acceptors (Lipinski definition) is 8. The molecule has 57 heavy (non-hydrogen) atoms. The maximum Gasteiger partial charge on any atom is 0.416 e. The van der Waals surface area contributed by atoms with Crippen molar-refractivity contribution in [1.82, 2.24) is 15.2 Å². The zero-order valence-corrected chi connectivity index (χ0v) is 34.5. The number of amides is 1. The van der Waals surface area contributed by atoms with Crippen LogP contribution in [0.1, 0.15) is 130 Å². The average Bonchev–Trinajstić information content (AvgIpc) is 3.18. The van der Waals surface area contributed by atoms with Crippen molar-refractivity contribution >= 4 is 28.5 Å². The number of nitrogens with one attached hydrogen (secondary N) is 2. The zero-order valence-electron chi connectivity index (χ0n) is 34.5. The van der Waals surface area contributed by atoms with E-state index in [1.807, 2.05) is 19.1 Å². The van der Waals surface area contributed by atoms with Gasteiger partial charge in [0.1, 0.15) is 11.4 Å². The van der Waals surface area contributed by atoms with E-state index < -0.39 is 29.4 Å². The highest BCUT2D eigenvalue weighted by molar-refractivity contribution is 5.94. The minimum Gasteiger partial charge on any atom is -0.496 e. The van der Waals surface area contributed by atoms with Crippen LogP contribution in [0.25, 0.3) is 10.9 Å². The second-order valence-corrected chi connectivity index (χ2v) is 17.5. The summed E-state index contributed by atoms with van der Waals surface area (Å²) in [6.45, 7) is 14.2. The number of halogens is 3. The standard InChI is InChI=1S/C45H61F3N4O5/c1-28-21-39(51-29(2)34-22-35(43(54)57-44(3,4)5)24-36(23-34)45(46,47)48)38-25-37(41(55-6)26-40(38)50-28)32-7-9-33(10-8-32)42(53)52-18-13-30(14-19-52)15-20-56-27-31-11-16-49-17-12-31/h21-26,29-33,49H,7-20,27H2,1-6H3,(H,50,51)/t29-,32?,33?/m1/s1. The summed E-state index contributed by atoms with van der Waals surface area (Å²) < 4.78 is 59.5. The molecule has 0 unspecified atom stereocenters. The summed E-state index contributed by atoms with van der Waals surface area (Å²) in [5.74, 6) is 1.68.